The largest absolute Gasteiger partial charge is 0.462 e. The molecule has 0 bridgehead atoms. The number of nitriles is 1. The van der Waals surface area contributed by atoms with E-state index in [2.05, 4.69) is 24.6 Å². The number of ether oxygens (including phenoxy) is 1. The number of carbonyl (C=O) groups is 2. The highest BCUT2D eigenvalue weighted by Crippen LogP contribution is 2.39. The van der Waals surface area contributed by atoms with Crippen LogP contribution in [-0.2, 0) is 4.79 Å². The maximum absolute atomic E-state index is 14.6. The number of aromatic nitrogens is 2. The molecule has 0 radical (unpaired) electrons. The number of rotatable bonds is 7. The molecule has 1 aromatic heterocycles. The summed E-state index contributed by atoms with van der Waals surface area (Å²) in [4.78, 5) is 46.6. The Morgan fingerprint density at radius 2 is 1.91 bits per heavy atom. The van der Waals surface area contributed by atoms with Gasteiger partial charge in [0.05, 0.1) is 29.2 Å². The van der Waals surface area contributed by atoms with Gasteiger partial charge in [-0.15, -0.1) is 0 Å². The minimum Gasteiger partial charge on any atom is -0.462 e. The third-order valence-electron chi connectivity index (χ3n) is 9.10. The fourth-order valence-corrected chi connectivity index (χ4v) is 6.91. The molecule has 0 spiro atoms. The van der Waals surface area contributed by atoms with Crippen LogP contribution in [0.15, 0.2) is 49.1 Å². The Balaban J connectivity index is 1.43. The van der Waals surface area contributed by atoms with E-state index in [1.54, 1.807) is 9.80 Å². The van der Waals surface area contributed by atoms with Gasteiger partial charge in [-0.2, -0.15) is 15.2 Å². The van der Waals surface area contributed by atoms with Gasteiger partial charge in [0.25, 0.3) is 5.91 Å². The van der Waals surface area contributed by atoms with Gasteiger partial charge >= 0.3 is 6.01 Å². The maximum atomic E-state index is 14.6. The monoisotopic (exact) mass is 628 g/mol. The Morgan fingerprint density at radius 3 is 2.64 bits per heavy atom. The Kier molecular flexibility index (Phi) is 8.79. The van der Waals surface area contributed by atoms with E-state index in [9.17, 15) is 14.9 Å². The van der Waals surface area contributed by atoms with Crippen molar-refractivity contribution in [2.45, 2.75) is 31.3 Å². The number of anilines is 3. The zero-order valence-corrected chi connectivity index (χ0v) is 26.4. The van der Waals surface area contributed by atoms with Crippen molar-refractivity contribution in [3.8, 4) is 12.1 Å². The lowest BCUT2D eigenvalue weighted by Crippen LogP contribution is -2.55. The molecule has 2 atom stereocenters. The Labute approximate surface area is 268 Å². The quantitative estimate of drug-likeness (QED) is 0.359. The van der Waals surface area contributed by atoms with E-state index in [1.807, 2.05) is 53.2 Å². The highest BCUT2D eigenvalue weighted by Gasteiger charge is 2.37. The van der Waals surface area contributed by atoms with Crippen LogP contribution in [0.4, 0.5) is 17.2 Å². The summed E-state index contributed by atoms with van der Waals surface area (Å²) in [5.41, 5.74) is 1.55. The average Bonchev–Trinajstić information content (AvgIpc) is 3.42. The molecule has 2 fully saturated rings. The van der Waals surface area contributed by atoms with E-state index < -0.39 is 0 Å². The number of likely N-dealkylation sites (tertiary alicyclic amines) is 1. The zero-order valence-electron chi connectivity index (χ0n) is 25.7. The van der Waals surface area contributed by atoms with Gasteiger partial charge in [0.2, 0.25) is 5.91 Å². The van der Waals surface area contributed by atoms with Crippen LogP contribution in [0, 0.1) is 11.3 Å². The lowest BCUT2D eigenvalue weighted by atomic mass is 10.1. The number of carbonyl (C=O) groups excluding carboxylic acids is 2. The molecule has 12 heteroatoms. The minimum atomic E-state index is -0.363. The summed E-state index contributed by atoms with van der Waals surface area (Å²) in [6, 6.07) is 13.7. The van der Waals surface area contributed by atoms with Crippen LogP contribution in [0.25, 0.3) is 10.8 Å². The van der Waals surface area contributed by atoms with Crippen LogP contribution in [0.2, 0.25) is 5.02 Å². The van der Waals surface area contributed by atoms with E-state index in [-0.39, 0.29) is 42.0 Å². The lowest BCUT2D eigenvalue weighted by Gasteiger charge is -2.41. The summed E-state index contributed by atoms with van der Waals surface area (Å²) in [6.07, 6.45) is 3.55. The first kappa shape index (κ1) is 30.6. The van der Waals surface area contributed by atoms with E-state index in [1.165, 1.54) is 6.08 Å². The van der Waals surface area contributed by atoms with Crippen LogP contribution < -0.4 is 19.4 Å². The molecular weight excluding hydrogens is 592 g/mol. The number of halogens is 1. The number of amides is 2. The molecule has 3 aliphatic heterocycles. The van der Waals surface area contributed by atoms with Crippen LogP contribution in [0.3, 0.4) is 0 Å². The first-order valence-corrected chi connectivity index (χ1v) is 15.7. The second-order valence-corrected chi connectivity index (χ2v) is 12.2. The Morgan fingerprint density at radius 1 is 1.11 bits per heavy atom. The number of piperazine rings is 1. The van der Waals surface area contributed by atoms with Gasteiger partial charge in [-0.1, -0.05) is 42.4 Å². The predicted molar refractivity (Wildman–Crippen MR) is 175 cm³/mol. The number of nitrogens with zero attached hydrogens (tertiary/aromatic N) is 8. The molecule has 0 N–H and O–H groups in total. The molecule has 4 heterocycles. The number of hydrogen-bond acceptors (Lipinski definition) is 9. The van der Waals surface area contributed by atoms with Gasteiger partial charge in [-0.05, 0) is 50.0 Å². The van der Waals surface area contributed by atoms with Gasteiger partial charge < -0.3 is 29.2 Å². The van der Waals surface area contributed by atoms with Crippen molar-refractivity contribution in [1.82, 2.24) is 19.8 Å². The molecule has 6 rings (SSSR count). The van der Waals surface area contributed by atoms with E-state index in [4.69, 9.17) is 26.3 Å². The second-order valence-electron chi connectivity index (χ2n) is 11.8. The van der Waals surface area contributed by atoms with Gasteiger partial charge in [-0.25, -0.2) is 0 Å². The molecule has 3 aliphatic rings. The van der Waals surface area contributed by atoms with Crippen molar-refractivity contribution < 1.29 is 14.3 Å². The summed E-state index contributed by atoms with van der Waals surface area (Å²) < 4.78 is 6.23. The molecule has 11 nitrogen and oxygen atoms in total. The highest BCUT2D eigenvalue weighted by atomic mass is 35.5. The van der Waals surface area contributed by atoms with Crippen LogP contribution in [0.1, 0.15) is 29.8 Å². The molecule has 0 saturated carbocycles. The molecule has 45 heavy (non-hydrogen) atoms. The van der Waals surface area contributed by atoms with Gasteiger partial charge in [0, 0.05) is 51.2 Å². The van der Waals surface area contributed by atoms with Crippen LogP contribution in [0.5, 0.6) is 6.01 Å². The summed E-state index contributed by atoms with van der Waals surface area (Å²) in [7, 11) is 4.01. The number of fused-ring (bicyclic) bond motifs is 2. The van der Waals surface area contributed by atoms with E-state index >= 15 is 0 Å². The Bertz CT molecular complexity index is 1670. The fraction of sp³-hybridized carbons (Fsp3) is 0.424. The van der Waals surface area contributed by atoms with Crippen LogP contribution >= 0.6 is 11.6 Å². The molecule has 0 unspecified atom stereocenters. The summed E-state index contributed by atoms with van der Waals surface area (Å²) in [5.74, 6) is 0.0668. The predicted octanol–water partition coefficient (Wildman–Crippen LogP) is 3.97. The van der Waals surface area contributed by atoms with Crippen LogP contribution in [-0.4, -0.2) is 104 Å². The Hall–Kier alpha value is -4.40. The van der Waals surface area contributed by atoms with Crippen molar-refractivity contribution in [2.75, 3.05) is 74.7 Å². The molecule has 2 aromatic carbocycles. The van der Waals surface area contributed by atoms with Gasteiger partial charge in [0.15, 0.2) is 11.5 Å². The third kappa shape index (κ3) is 5.88. The second kappa shape index (κ2) is 12.9. The van der Waals surface area contributed by atoms with Crippen molar-refractivity contribution in [2.24, 2.45) is 0 Å². The van der Waals surface area contributed by atoms with Gasteiger partial charge in [0.1, 0.15) is 12.3 Å². The van der Waals surface area contributed by atoms with Crippen molar-refractivity contribution >= 4 is 51.4 Å². The van der Waals surface area contributed by atoms with E-state index in [0.29, 0.717) is 61.5 Å². The first-order valence-electron chi connectivity index (χ1n) is 15.3. The van der Waals surface area contributed by atoms with E-state index in [0.717, 1.165) is 30.2 Å². The molecule has 0 aliphatic carbocycles. The van der Waals surface area contributed by atoms with Crippen molar-refractivity contribution in [3.05, 3.63) is 59.8 Å². The van der Waals surface area contributed by atoms with Crippen molar-refractivity contribution in [3.63, 3.8) is 0 Å². The SMILES string of the molecule is C=CC(=O)N1CCN(c2nc(OC[C@H]3CCCN3C)nc3c2N(C)CCN(c2cccc4cccc(Cl)c24)C3=O)C[C@@H]1CC#N. The third-order valence-corrected chi connectivity index (χ3v) is 9.41. The average molecular weight is 629 g/mol. The normalized spacial score (nSPS) is 20.6. The molecule has 3 aromatic rings. The standard InChI is InChI=1S/C33H37ClN8O3/c1-4-27(43)41-19-17-40(20-23(41)13-14-35)31-30-29(36-33(37-31)45-21-24-10-7-15-38(24)2)32(44)42(18-16-39(30)3)26-12-6-9-22-8-5-11-25(34)28(22)26/h4-6,8-9,11-12,23-24H,1,7,10,13,15-21H2,2-3H3/t23-,24+/m0/s1. The summed E-state index contributed by atoms with van der Waals surface area (Å²) in [5, 5.41) is 11.9. The lowest BCUT2D eigenvalue weighted by molar-refractivity contribution is -0.128. The van der Waals surface area contributed by atoms with Crippen molar-refractivity contribution in [1.29, 1.82) is 5.26 Å². The number of hydrogen-bond donors (Lipinski definition) is 0. The topological polar surface area (TPSA) is 109 Å². The zero-order chi connectivity index (χ0) is 31.7. The molecule has 234 valence electrons. The summed E-state index contributed by atoms with van der Waals surface area (Å²) in [6.45, 7) is 7.17. The highest BCUT2D eigenvalue weighted by molar-refractivity contribution is 6.37. The number of likely N-dealkylation sites (N-methyl/N-ethyl adjacent to an activating group) is 2. The first-order chi connectivity index (χ1) is 21.8. The summed E-state index contributed by atoms with van der Waals surface area (Å²) >= 11 is 6.69. The molecular formula is C33H37ClN8O3. The molecule has 2 saturated heterocycles. The smallest absolute Gasteiger partial charge is 0.319 e. The maximum Gasteiger partial charge on any atom is 0.319 e. The molecule has 2 amide bonds. The number of benzene rings is 2. The minimum absolute atomic E-state index is 0.130. The fourth-order valence-electron chi connectivity index (χ4n) is 6.63. The van der Waals surface area contributed by atoms with Gasteiger partial charge in [-0.3, -0.25) is 9.59 Å².